The second-order valence-electron chi connectivity index (χ2n) is 4.02. The van der Waals surface area contributed by atoms with Crippen LogP contribution in [0, 0.1) is 5.92 Å². The van der Waals surface area contributed by atoms with Gasteiger partial charge in [-0.05, 0) is 30.7 Å². The van der Waals surface area contributed by atoms with Crippen molar-refractivity contribution in [3.63, 3.8) is 0 Å². The summed E-state index contributed by atoms with van der Waals surface area (Å²) in [6.45, 7) is 1.15. The normalized spacial score (nSPS) is 13.7. The number of benzene rings is 1. The monoisotopic (exact) mass is 305 g/mol. The molecular formula is C12H13Cl2NO4. The van der Waals surface area contributed by atoms with Gasteiger partial charge in [0.05, 0.1) is 6.10 Å². The van der Waals surface area contributed by atoms with Gasteiger partial charge in [-0.25, -0.2) is 0 Å². The van der Waals surface area contributed by atoms with Gasteiger partial charge in [0.1, 0.15) is 5.92 Å². The molecule has 0 aliphatic carbocycles. The predicted octanol–water partition coefficient (Wildman–Crippen LogP) is 1.86. The Bertz CT molecular complexity index is 472. The van der Waals surface area contributed by atoms with Gasteiger partial charge in [-0.15, -0.1) is 0 Å². The first-order valence-corrected chi connectivity index (χ1v) is 6.21. The lowest BCUT2D eigenvalue weighted by Gasteiger charge is -2.14. The summed E-state index contributed by atoms with van der Waals surface area (Å²) in [5.41, 5.74) is 0.445. The third kappa shape index (κ3) is 4.70. The largest absolute Gasteiger partial charge is 0.481 e. The van der Waals surface area contributed by atoms with E-state index < -0.39 is 23.9 Å². The summed E-state index contributed by atoms with van der Waals surface area (Å²) in [5.74, 6) is -3.06. The Morgan fingerprint density at radius 2 is 1.79 bits per heavy atom. The Morgan fingerprint density at radius 3 is 2.26 bits per heavy atom. The Morgan fingerprint density at radius 1 is 1.26 bits per heavy atom. The number of carboxylic acid groups (broad SMARTS) is 1. The molecule has 0 aliphatic heterocycles. The summed E-state index contributed by atoms with van der Waals surface area (Å²) in [6.07, 6.45) is -1.01. The molecule has 0 aromatic heterocycles. The van der Waals surface area contributed by atoms with Crippen LogP contribution >= 0.6 is 23.2 Å². The first-order valence-electron chi connectivity index (χ1n) is 5.46. The highest BCUT2D eigenvalue weighted by molar-refractivity contribution is 6.34. The highest BCUT2D eigenvalue weighted by Gasteiger charge is 2.21. The van der Waals surface area contributed by atoms with E-state index in [9.17, 15) is 14.7 Å². The fraction of sp³-hybridized carbons (Fsp3) is 0.333. The lowest BCUT2D eigenvalue weighted by atomic mass is 10.1. The zero-order valence-electron chi connectivity index (χ0n) is 10.1. The molecule has 104 valence electrons. The third-order valence-corrected chi connectivity index (χ3v) is 2.94. The quantitative estimate of drug-likeness (QED) is 0.725. The number of aliphatic hydroxyl groups is 1. The van der Waals surface area contributed by atoms with E-state index >= 15 is 0 Å². The molecule has 0 bridgehead atoms. The number of aliphatic hydroxyl groups excluding tert-OH is 1. The third-order valence-electron chi connectivity index (χ3n) is 2.50. The van der Waals surface area contributed by atoms with E-state index in [1.165, 1.54) is 25.1 Å². The van der Waals surface area contributed by atoms with Gasteiger partial charge in [-0.2, -0.15) is 0 Å². The molecule has 1 aromatic rings. The molecule has 1 rings (SSSR count). The minimum atomic E-state index is -1.22. The van der Waals surface area contributed by atoms with Crippen molar-refractivity contribution >= 4 is 35.1 Å². The fourth-order valence-corrected chi connectivity index (χ4v) is 1.89. The van der Waals surface area contributed by atoms with Crippen LogP contribution in [0.1, 0.15) is 18.6 Å². The van der Waals surface area contributed by atoms with Gasteiger partial charge in [0.2, 0.25) is 5.91 Å². The SMILES string of the molecule is CC(C(=O)O)C(=O)NCC(O)c1cc(Cl)cc(Cl)c1. The molecule has 19 heavy (non-hydrogen) atoms. The van der Waals surface area contributed by atoms with Crippen molar-refractivity contribution in [2.75, 3.05) is 6.54 Å². The highest BCUT2D eigenvalue weighted by Crippen LogP contribution is 2.23. The van der Waals surface area contributed by atoms with E-state index in [1.807, 2.05) is 0 Å². The minimum absolute atomic E-state index is 0.118. The van der Waals surface area contributed by atoms with Crippen molar-refractivity contribution < 1.29 is 19.8 Å². The molecule has 2 unspecified atom stereocenters. The van der Waals surface area contributed by atoms with Gasteiger partial charge in [-0.1, -0.05) is 23.2 Å². The molecule has 1 amide bonds. The molecule has 3 N–H and O–H groups in total. The summed E-state index contributed by atoms with van der Waals surface area (Å²) in [6, 6.07) is 4.56. The van der Waals surface area contributed by atoms with Gasteiger partial charge in [0.25, 0.3) is 0 Å². The molecule has 0 saturated heterocycles. The number of halogens is 2. The molecule has 7 heteroatoms. The molecule has 0 saturated carbocycles. The average molecular weight is 306 g/mol. The van der Waals surface area contributed by atoms with Crippen LogP contribution in [-0.2, 0) is 9.59 Å². The Hall–Kier alpha value is -1.30. The van der Waals surface area contributed by atoms with Crippen molar-refractivity contribution in [2.45, 2.75) is 13.0 Å². The van der Waals surface area contributed by atoms with Crippen molar-refractivity contribution in [1.29, 1.82) is 0 Å². The molecule has 0 spiro atoms. The molecular weight excluding hydrogens is 293 g/mol. The Kier molecular flexibility index (Phi) is 5.60. The molecule has 0 radical (unpaired) electrons. The number of hydrogen-bond donors (Lipinski definition) is 3. The summed E-state index contributed by atoms with van der Waals surface area (Å²) < 4.78 is 0. The topological polar surface area (TPSA) is 86.6 Å². The number of hydrogen-bond acceptors (Lipinski definition) is 3. The smallest absolute Gasteiger partial charge is 0.315 e. The van der Waals surface area contributed by atoms with Crippen LogP contribution in [0.4, 0.5) is 0 Å². The van der Waals surface area contributed by atoms with E-state index in [2.05, 4.69) is 5.32 Å². The predicted molar refractivity (Wildman–Crippen MR) is 71.2 cm³/mol. The molecule has 0 aliphatic rings. The maximum atomic E-state index is 11.4. The minimum Gasteiger partial charge on any atom is -0.481 e. The summed E-state index contributed by atoms with van der Waals surface area (Å²) >= 11 is 11.6. The van der Waals surface area contributed by atoms with Crippen molar-refractivity contribution in [1.82, 2.24) is 5.32 Å². The van der Waals surface area contributed by atoms with Crippen LogP contribution in [0.2, 0.25) is 10.0 Å². The van der Waals surface area contributed by atoms with Gasteiger partial charge < -0.3 is 15.5 Å². The van der Waals surface area contributed by atoms with Crippen LogP contribution in [-0.4, -0.2) is 28.6 Å². The van der Waals surface area contributed by atoms with Crippen LogP contribution < -0.4 is 5.32 Å². The fourth-order valence-electron chi connectivity index (χ4n) is 1.35. The molecule has 0 fully saturated rings. The van der Waals surface area contributed by atoms with Crippen molar-refractivity contribution in [3.05, 3.63) is 33.8 Å². The van der Waals surface area contributed by atoms with Crippen LogP contribution in [0.5, 0.6) is 0 Å². The lowest BCUT2D eigenvalue weighted by molar-refractivity contribution is -0.146. The van der Waals surface area contributed by atoms with Gasteiger partial charge >= 0.3 is 5.97 Å². The number of amides is 1. The second-order valence-corrected chi connectivity index (χ2v) is 4.90. The van der Waals surface area contributed by atoms with Crippen LogP contribution in [0.15, 0.2) is 18.2 Å². The highest BCUT2D eigenvalue weighted by atomic mass is 35.5. The maximum absolute atomic E-state index is 11.4. The number of nitrogens with one attached hydrogen (secondary N) is 1. The lowest BCUT2D eigenvalue weighted by Crippen LogP contribution is -2.36. The maximum Gasteiger partial charge on any atom is 0.315 e. The number of carbonyl (C=O) groups excluding carboxylic acids is 1. The summed E-state index contributed by atoms with van der Waals surface area (Å²) in [7, 11) is 0. The summed E-state index contributed by atoms with van der Waals surface area (Å²) in [5, 5.41) is 21.6. The van der Waals surface area contributed by atoms with Crippen molar-refractivity contribution in [2.24, 2.45) is 5.92 Å². The van der Waals surface area contributed by atoms with E-state index in [0.717, 1.165) is 0 Å². The molecule has 2 atom stereocenters. The second kappa shape index (κ2) is 6.75. The zero-order chi connectivity index (χ0) is 14.6. The number of aliphatic carboxylic acids is 1. The van der Waals surface area contributed by atoms with E-state index in [-0.39, 0.29) is 6.54 Å². The van der Waals surface area contributed by atoms with Crippen LogP contribution in [0.3, 0.4) is 0 Å². The van der Waals surface area contributed by atoms with E-state index in [1.54, 1.807) is 0 Å². The van der Waals surface area contributed by atoms with E-state index in [0.29, 0.717) is 15.6 Å². The molecule has 1 aromatic carbocycles. The standard InChI is InChI=1S/C12H13Cl2NO4/c1-6(12(18)19)11(17)15-5-10(16)7-2-8(13)4-9(14)3-7/h2-4,6,10,16H,5H2,1H3,(H,15,17)(H,18,19). The zero-order valence-corrected chi connectivity index (χ0v) is 11.6. The first-order chi connectivity index (χ1) is 8.81. The van der Waals surface area contributed by atoms with Crippen LogP contribution in [0.25, 0.3) is 0 Å². The first kappa shape index (κ1) is 15.8. The Balaban J connectivity index is 2.63. The number of carbonyl (C=O) groups is 2. The number of carboxylic acids is 1. The van der Waals surface area contributed by atoms with E-state index in [4.69, 9.17) is 28.3 Å². The molecule has 0 heterocycles. The summed E-state index contributed by atoms with van der Waals surface area (Å²) in [4.78, 5) is 22.0. The van der Waals surface area contributed by atoms with Crippen molar-refractivity contribution in [3.8, 4) is 0 Å². The Labute approximate surface area is 120 Å². The van der Waals surface area contributed by atoms with Gasteiger partial charge in [0, 0.05) is 16.6 Å². The van der Waals surface area contributed by atoms with Gasteiger partial charge in [0.15, 0.2) is 0 Å². The number of rotatable bonds is 5. The van der Waals surface area contributed by atoms with Gasteiger partial charge in [-0.3, -0.25) is 9.59 Å². The average Bonchev–Trinajstić information content (AvgIpc) is 2.33. The molecule has 5 nitrogen and oxygen atoms in total.